The lowest BCUT2D eigenvalue weighted by Crippen LogP contribution is -2.46. The Labute approximate surface area is 120 Å². The first-order valence-electron chi connectivity index (χ1n) is 7.38. The molecule has 2 aliphatic heterocycles. The summed E-state index contributed by atoms with van der Waals surface area (Å²) in [4.78, 5) is 4.67. The van der Waals surface area contributed by atoms with E-state index in [1.807, 2.05) is 24.3 Å². The molecule has 1 saturated heterocycles. The Morgan fingerprint density at radius 2 is 2.00 bits per heavy atom. The van der Waals surface area contributed by atoms with Gasteiger partial charge in [0.2, 0.25) is 0 Å². The largest absolute Gasteiger partial charge is 0.491 e. The topological polar surface area (TPSA) is 35.9 Å². The fraction of sp³-hybridized carbons (Fsp3) is 0.625. The number of para-hydroxylation sites is 1. The van der Waals surface area contributed by atoms with E-state index in [1.165, 1.54) is 0 Å². The molecule has 4 atom stereocenters. The SMILES string of the molecule is CC1CN(C2COc3ccccc3C2O)CC1N(C)C. The molecule has 110 valence electrons. The average Bonchev–Trinajstić information content (AvgIpc) is 2.81. The summed E-state index contributed by atoms with van der Waals surface area (Å²) in [5.41, 5.74) is 0.921. The van der Waals surface area contributed by atoms with Gasteiger partial charge in [-0.15, -0.1) is 0 Å². The van der Waals surface area contributed by atoms with Crippen LogP contribution in [0, 0.1) is 5.92 Å². The number of likely N-dealkylation sites (N-methyl/N-ethyl adjacent to an activating group) is 1. The molecule has 1 aromatic carbocycles. The third kappa shape index (κ3) is 2.32. The second-order valence-electron chi connectivity index (χ2n) is 6.32. The Hall–Kier alpha value is -1.10. The number of ether oxygens (including phenoxy) is 1. The van der Waals surface area contributed by atoms with Gasteiger partial charge in [0.05, 0.1) is 6.04 Å². The predicted octanol–water partition coefficient (Wildman–Crippen LogP) is 1.36. The summed E-state index contributed by atoms with van der Waals surface area (Å²) in [5.74, 6) is 1.45. The van der Waals surface area contributed by atoms with Crippen molar-refractivity contribution in [2.24, 2.45) is 5.92 Å². The van der Waals surface area contributed by atoms with Crippen molar-refractivity contribution in [2.75, 3.05) is 33.8 Å². The smallest absolute Gasteiger partial charge is 0.125 e. The molecule has 2 heterocycles. The van der Waals surface area contributed by atoms with Gasteiger partial charge < -0.3 is 14.7 Å². The number of likely N-dealkylation sites (tertiary alicyclic amines) is 1. The fourth-order valence-electron chi connectivity index (χ4n) is 3.56. The van der Waals surface area contributed by atoms with Crippen LogP contribution in [0.1, 0.15) is 18.6 Å². The van der Waals surface area contributed by atoms with E-state index in [1.54, 1.807) is 0 Å². The zero-order valence-corrected chi connectivity index (χ0v) is 12.5. The molecule has 1 fully saturated rings. The number of fused-ring (bicyclic) bond motifs is 1. The highest BCUT2D eigenvalue weighted by atomic mass is 16.5. The van der Waals surface area contributed by atoms with Crippen molar-refractivity contribution in [3.63, 3.8) is 0 Å². The van der Waals surface area contributed by atoms with Crippen molar-refractivity contribution in [3.05, 3.63) is 29.8 Å². The Balaban J connectivity index is 1.77. The van der Waals surface area contributed by atoms with E-state index in [-0.39, 0.29) is 6.04 Å². The highest BCUT2D eigenvalue weighted by Crippen LogP contribution is 2.36. The van der Waals surface area contributed by atoms with Crippen LogP contribution in [0.5, 0.6) is 5.75 Å². The van der Waals surface area contributed by atoms with Gasteiger partial charge in [-0.05, 0) is 26.1 Å². The van der Waals surface area contributed by atoms with Gasteiger partial charge in [0.25, 0.3) is 0 Å². The molecule has 4 nitrogen and oxygen atoms in total. The van der Waals surface area contributed by atoms with Crippen molar-refractivity contribution < 1.29 is 9.84 Å². The van der Waals surface area contributed by atoms with Crippen LogP contribution >= 0.6 is 0 Å². The highest BCUT2D eigenvalue weighted by Gasteiger charge is 2.40. The molecule has 0 spiro atoms. The molecular weight excluding hydrogens is 252 g/mol. The number of benzene rings is 1. The van der Waals surface area contributed by atoms with Gasteiger partial charge in [0.15, 0.2) is 0 Å². The van der Waals surface area contributed by atoms with E-state index in [9.17, 15) is 5.11 Å². The summed E-state index contributed by atoms with van der Waals surface area (Å²) >= 11 is 0. The van der Waals surface area contributed by atoms with Crippen LogP contribution in [-0.4, -0.2) is 60.8 Å². The van der Waals surface area contributed by atoms with Gasteiger partial charge in [0, 0.05) is 24.7 Å². The molecular formula is C16H24N2O2. The van der Waals surface area contributed by atoms with Crippen molar-refractivity contribution in [1.82, 2.24) is 9.80 Å². The molecule has 0 saturated carbocycles. The van der Waals surface area contributed by atoms with Crippen LogP contribution in [0.25, 0.3) is 0 Å². The van der Waals surface area contributed by atoms with Gasteiger partial charge in [-0.1, -0.05) is 25.1 Å². The summed E-state index contributed by atoms with van der Waals surface area (Å²) < 4.78 is 5.83. The van der Waals surface area contributed by atoms with Crippen molar-refractivity contribution >= 4 is 0 Å². The van der Waals surface area contributed by atoms with Gasteiger partial charge >= 0.3 is 0 Å². The maximum absolute atomic E-state index is 10.7. The molecule has 0 aliphatic carbocycles. The standard InChI is InChI=1S/C16H24N2O2/c1-11-8-18(9-13(11)17(2)3)14-10-20-15-7-5-4-6-12(15)16(14)19/h4-7,11,13-14,16,19H,8-10H2,1-3H3. The maximum Gasteiger partial charge on any atom is 0.125 e. The Morgan fingerprint density at radius 1 is 1.25 bits per heavy atom. The first-order valence-corrected chi connectivity index (χ1v) is 7.38. The van der Waals surface area contributed by atoms with Crippen LogP contribution in [0.3, 0.4) is 0 Å². The van der Waals surface area contributed by atoms with Crippen LogP contribution in [0.4, 0.5) is 0 Å². The molecule has 2 aliphatic rings. The summed E-state index contributed by atoms with van der Waals surface area (Å²) in [6, 6.07) is 8.44. The first-order chi connectivity index (χ1) is 9.58. The van der Waals surface area contributed by atoms with Crippen molar-refractivity contribution in [3.8, 4) is 5.75 Å². The summed E-state index contributed by atoms with van der Waals surface area (Å²) in [6.45, 7) is 4.89. The zero-order chi connectivity index (χ0) is 14.3. The van der Waals surface area contributed by atoms with E-state index in [0.29, 0.717) is 18.6 Å². The van der Waals surface area contributed by atoms with Crippen LogP contribution in [0.15, 0.2) is 24.3 Å². The van der Waals surface area contributed by atoms with Crippen LogP contribution in [0.2, 0.25) is 0 Å². The Kier molecular flexibility index (Phi) is 3.71. The third-order valence-electron chi connectivity index (χ3n) is 4.74. The molecule has 20 heavy (non-hydrogen) atoms. The summed E-state index contributed by atoms with van der Waals surface area (Å²) in [6.07, 6.45) is -0.451. The number of aliphatic hydroxyl groups is 1. The lowest BCUT2D eigenvalue weighted by atomic mass is 9.98. The van der Waals surface area contributed by atoms with Gasteiger partial charge in [-0.25, -0.2) is 0 Å². The second kappa shape index (κ2) is 5.35. The van der Waals surface area contributed by atoms with E-state index < -0.39 is 6.10 Å². The Bertz CT molecular complexity index is 477. The number of hydrogen-bond acceptors (Lipinski definition) is 4. The number of nitrogens with zero attached hydrogens (tertiary/aromatic N) is 2. The van der Waals surface area contributed by atoms with Gasteiger partial charge in [0.1, 0.15) is 18.5 Å². The molecule has 3 rings (SSSR count). The summed E-state index contributed by atoms with van der Waals surface area (Å²) in [7, 11) is 4.27. The lowest BCUT2D eigenvalue weighted by molar-refractivity contribution is 0.0110. The zero-order valence-electron chi connectivity index (χ0n) is 12.5. The molecule has 0 radical (unpaired) electrons. The second-order valence-corrected chi connectivity index (χ2v) is 6.32. The van der Waals surface area contributed by atoms with Gasteiger partial charge in [-0.3, -0.25) is 4.90 Å². The number of rotatable bonds is 2. The number of hydrogen-bond donors (Lipinski definition) is 1. The normalized spacial score (nSPS) is 34.0. The molecule has 1 N–H and O–H groups in total. The van der Waals surface area contributed by atoms with E-state index in [0.717, 1.165) is 24.4 Å². The minimum Gasteiger partial charge on any atom is -0.491 e. The Morgan fingerprint density at radius 3 is 2.70 bits per heavy atom. The fourth-order valence-corrected chi connectivity index (χ4v) is 3.56. The van der Waals surface area contributed by atoms with E-state index in [2.05, 4.69) is 30.8 Å². The van der Waals surface area contributed by atoms with Gasteiger partial charge in [-0.2, -0.15) is 0 Å². The maximum atomic E-state index is 10.7. The molecule has 0 bridgehead atoms. The number of aliphatic hydroxyl groups excluding tert-OH is 1. The lowest BCUT2D eigenvalue weighted by Gasteiger charge is -2.36. The predicted molar refractivity (Wildman–Crippen MR) is 78.9 cm³/mol. The van der Waals surface area contributed by atoms with Crippen LogP contribution < -0.4 is 4.74 Å². The molecule has 4 unspecified atom stereocenters. The van der Waals surface area contributed by atoms with Crippen LogP contribution in [-0.2, 0) is 0 Å². The average molecular weight is 276 g/mol. The molecule has 0 aromatic heterocycles. The minimum atomic E-state index is -0.451. The quantitative estimate of drug-likeness (QED) is 0.885. The molecule has 0 amide bonds. The van der Waals surface area contributed by atoms with E-state index in [4.69, 9.17) is 4.74 Å². The minimum absolute atomic E-state index is 0.0669. The highest BCUT2D eigenvalue weighted by molar-refractivity contribution is 5.37. The molecule has 1 aromatic rings. The molecule has 4 heteroatoms. The monoisotopic (exact) mass is 276 g/mol. The third-order valence-corrected chi connectivity index (χ3v) is 4.74. The van der Waals surface area contributed by atoms with E-state index >= 15 is 0 Å². The van der Waals surface area contributed by atoms with Crippen molar-refractivity contribution in [2.45, 2.75) is 25.1 Å². The van der Waals surface area contributed by atoms with Crippen molar-refractivity contribution in [1.29, 1.82) is 0 Å². The first kappa shape index (κ1) is 13.9. The summed E-state index contributed by atoms with van der Waals surface area (Å²) in [5, 5.41) is 10.7.